The third kappa shape index (κ3) is 26.5. The van der Waals surface area contributed by atoms with Crippen LogP contribution in [0.2, 0.25) is 16.9 Å². The highest BCUT2D eigenvalue weighted by atomic mass is 16.6. The fraction of sp³-hybridized carbons (Fsp3) is 0.438. The van der Waals surface area contributed by atoms with Gasteiger partial charge in [-0.3, -0.25) is 0 Å². The van der Waals surface area contributed by atoms with E-state index in [0.29, 0.717) is 29.8 Å². The van der Waals surface area contributed by atoms with E-state index in [1.807, 2.05) is 0 Å². The highest BCUT2D eigenvalue weighted by molar-refractivity contribution is 5.88. The van der Waals surface area contributed by atoms with Gasteiger partial charge in [0, 0.05) is 183 Å². The van der Waals surface area contributed by atoms with Gasteiger partial charge in [-0.2, -0.15) is 0 Å². The number of nitrogens with one attached hydrogen (secondary N) is 12. The van der Waals surface area contributed by atoms with Crippen molar-refractivity contribution in [3.05, 3.63) is 213 Å². The molecule has 0 saturated carbocycles. The summed E-state index contributed by atoms with van der Waals surface area (Å²) in [5.74, 6) is 0. The maximum absolute atomic E-state index is 11.7. The molecule has 0 spiro atoms. The van der Waals surface area contributed by atoms with Crippen LogP contribution in [0.4, 0.5) is 28.8 Å². The van der Waals surface area contributed by atoms with Crippen LogP contribution in [0, 0.1) is 0 Å². The lowest BCUT2D eigenvalue weighted by molar-refractivity contribution is 0.176. The number of aromatic nitrogens is 6. The van der Waals surface area contributed by atoms with Crippen molar-refractivity contribution in [1.82, 2.24) is 91.1 Å². The summed E-state index contributed by atoms with van der Waals surface area (Å²) in [4.78, 5) is 76.0. The number of hydrogen-bond donors (Lipinski definition) is 12. The number of nitrogens with zero attached hydrogens (tertiary/aromatic N) is 6. The summed E-state index contributed by atoms with van der Waals surface area (Å²) in [6.07, 6.45) is -25.1. The molecule has 6 amide bonds. The van der Waals surface area contributed by atoms with E-state index in [9.17, 15) is 28.8 Å². The maximum atomic E-state index is 11.7. The van der Waals surface area contributed by atoms with Crippen LogP contribution in [0.25, 0.3) is 65.4 Å². The van der Waals surface area contributed by atoms with Crippen molar-refractivity contribution in [2.24, 2.45) is 0 Å². The van der Waals surface area contributed by atoms with Crippen LogP contribution in [0.5, 0.6) is 0 Å². The highest BCUT2D eigenvalue weighted by Gasteiger charge is 2.29. The molecular weight excluding hydrogens is 1600 g/mol. The van der Waals surface area contributed by atoms with Crippen LogP contribution in [-0.4, -0.2) is 295 Å². The first-order valence-corrected chi connectivity index (χ1v) is 37.1. The normalized spacial score (nSPS) is 31.3. The van der Waals surface area contributed by atoms with Gasteiger partial charge in [0.15, 0.2) is 16.9 Å². The van der Waals surface area contributed by atoms with Gasteiger partial charge in [-0.25, -0.2) is 28.8 Å². The van der Waals surface area contributed by atoms with Gasteiger partial charge in [-0.05, 0) is 300 Å². The number of rotatable bonds is 30. The number of hydrogen-bond acceptors (Lipinski definition) is 18. The van der Waals surface area contributed by atoms with Crippen molar-refractivity contribution in [2.45, 2.75) is 113 Å². The first-order chi connectivity index (χ1) is 91.9. The molecule has 0 aliphatic carbocycles. The van der Waals surface area contributed by atoms with Gasteiger partial charge >= 0.3 is 36.6 Å². The number of aromatic amines is 6. The van der Waals surface area contributed by atoms with E-state index in [-0.39, 0.29) is 148 Å². The fourth-order valence-corrected chi connectivity index (χ4v) is 11.4. The Morgan fingerprint density at radius 2 is 0.516 bits per heavy atom. The number of fused-ring (bicyclic) bond motifs is 6. The summed E-state index contributed by atoms with van der Waals surface area (Å²) in [5.41, 5.74) is -6.29. The molecule has 6 aromatic carbocycles. The summed E-state index contributed by atoms with van der Waals surface area (Å²) in [7, 11) is 8.39. The minimum Gasteiger partial charge on any atom is -0.447 e. The van der Waals surface area contributed by atoms with E-state index >= 15 is 0 Å². The summed E-state index contributed by atoms with van der Waals surface area (Å²) in [5, 5.41) is -0.512. The van der Waals surface area contributed by atoms with Gasteiger partial charge in [-0.15, -0.1) is 0 Å². The Hall–Kier alpha value is -12.1. The number of carbonyl (C=O) groups is 6. The van der Waals surface area contributed by atoms with Crippen LogP contribution in [0.3, 0.4) is 0 Å². The molecule has 12 aromatic rings. The van der Waals surface area contributed by atoms with Crippen molar-refractivity contribution < 1.29 is 165 Å². The molecule has 0 radical (unpaired) electrons. The molecular formula is C96H126N18O12. The zero-order chi connectivity index (χ0) is 157. The van der Waals surface area contributed by atoms with E-state index in [1.54, 1.807) is 14.1 Å². The number of aryl methyl sites for hydroxylation is 3. The lowest BCUT2D eigenvalue weighted by Gasteiger charge is -2.09. The fourth-order valence-electron chi connectivity index (χ4n) is 11.4. The number of benzene rings is 6. The minimum atomic E-state index is -3.45. The molecule has 6 aliphatic rings. The predicted octanol–water partition coefficient (Wildman–Crippen LogP) is 11.5. The number of amides is 6. The molecule has 6 fully saturated rings. The summed E-state index contributed by atoms with van der Waals surface area (Å²) in [6, 6.07) is -20.0. The molecule has 30 nitrogen and oxygen atoms in total. The average molecular weight is 1800 g/mol. The second kappa shape index (κ2) is 43.7. The number of ether oxygens (including phenoxy) is 6. The highest BCUT2D eigenvalue weighted by Crippen LogP contribution is 2.29. The van der Waals surface area contributed by atoms with E-state index in [1.165, 1.54) is 23.9 Å². The molecule has 6 aliphatic heterocycles. The molecule has 126 heavy (non-hydrogen) atoms. The largest absolute Gasteiger partial charge is 0.447 e. The topological polar surface area (TPSA) is 344 Å². The molecule has 6 atom stereocenters. The smallest absolute Gasteiger partial charge is 0.407 e. The second-order valence-electron chi connectivity index (χ2n) is 27.4. The molecule has 6 aromatic heterocycles. The van der Waals surface area contributed by atoms with Crippen LogP contribution < -0.4 is 31.9 Å². The first kappa shape index (κ1) is 34.9. The van der Waals surface area contributed by atoms with Crippen LogP contribution >= 0.6 is 0 Å². The zero-order valence-corrected chi connectivity index (χ0v) is 66.9. The monoisotopic (exact) mass is 1800 g/mol. The molecule has 18 rings (SSSR count). The van der Waals surface area contributed by atoms with Crippen LogP contribution in [-0.2, 0) is 105 Å². The number of likely N-dealkylation sites (N-methyl/N-ethyl adjacent to an activating group) is 6. The van der Waals surface area contributed by atoms with Gasteiger partial charge in [0.2, 0.25) is 0 Å². The predicted molar refractivity (Wildman–Crippen MR) is 495 cm³/mol. The number of H-pyrrole nitrogens is 6. The Bertz CT molecular complexity index is 9720. The Morgan fingerprint density at radius 3 is 0.738 bits per heavy atom. The van der Waals surface area contributed by atoms with Crippen molar-refractivity contribution in [2.75, 3.05) is 163 Å². The van der Waals surface area contributed by atoms with Crippen LogP contribution in [0.15, 0.2) is 146 Å². The maximum Gasteiger partial charge on any atom is 0.407 e. The van der Waals surface area contributed by atoms with Gasteiger partial charge in [0.05, 0.1) is 85.6 Å². The standard InChI is InChI=1S/6C16H21N3O2/c6*1-19(2)6-5-12-9-17-15-4-3-11(8-14(12)15)7-13-10-21-16(20)18-13/h6*3-4,8-9,13,17H,5-7,10H2,1-2H3,(H,18,20)/t6*13-/m000000/s1/i1D3,2D3,3D,4D,6D2,8D,9D,10D2;1D3,2D3,3D,4D,5D2,8D,9D,10D2;1D3,3D,4D,6D2,8D,9D,10D2;1D3,3D,4D,5D2,8D,9D,10D2;3D,4D,6D2,8D,9D,10D2;3D,4D,5D2,8D,9D,10D2/hD12. The lowest BCUT2D eigenvalue weighted by Crippen LogP contribution is -2.28. The lowest BCUT2D eigenvalue weighted by atomic mass is 10.0. The molecule has 12 heterocycles. The molecule has 672 valence electrons. The summed E-state index contributed by atoms with van der Waals surface area (Å²) < 4.78 is 652. The molecule has 0 bridgehead atoms. The van der Waals surface area contributed by atoms with Gasteiger partial charge in [0.25, 0.3) is 0 Å². The third-order valence-electron chi connectivity index (χ3n) is 17.1. The van der Waals surface area contributed by atoms with E-state index < -0.39 is 446 Å². The zero-order valence-electron chi connectivity index (χ0n) is 145. The number of carbonyl (C=O) groups excluding carboxylic acids is 6. The van der Waals surface area contributed by atoms with Crippen LogP contribution in [0.1, 0.15) is 157 Å². The molecule has 30 heteroatoms. The van der Waals surface area contributed by atoms with E-state index in [2.05, 4.69) is 28.4 Å². The SMILES string of the molecule is [2H]c1c(C[C@@H]2N([2H])C(=O)OC2([2H])[2H])c([2H])c2c(C([2H])([2H])CN(C([2H])([2H])[2H])C([2H])([2H])[2H])c([2H])n([2H])c2c1[2H].[2H]c1c(C[C@@H]2N([2H])C(=O)OC2([2H])[2H])c([2H])c2c(C([2H])([2H])CN(C)C([2H])([2H])[2H])c([2H])n([2H])c2c1[2H].[2H]c1c(C[C@@H]2N([2H])C(=O)OC2([2H])[2H])c([2H])c2c(C([2H])([2H])CN(C)C)c([2H])n([2H])c2c1[2H].[2H]c1c(C[C@@H]2N([2H])C(=O)OC2([2H])[2H])c([2H])c2c(CC([2H])([2H])N(C([2H])([2H])[2H])C([2H])([2H])[2H])c([2H])n([2H])c2c1[2H].[2H]c1c(C[C@@H]2N([2H])C(=O)OC2([2H])[2H])c([2H])c2c(CC([2H])([2H])N(C)C([2H])([2H])[2H])c([2H])n([2H])c2c1[2H].[2H]c1c(C[C@@H]2N([2H])C(=O)OC2([2H])[2H])c([2H])c2c(CC([2H])([2H])N(C)C)c([2H])n([2H])c2c1[2H]. The Labute approximate surface area is 846 Å². The minimum absolute atomic E-state index is 0.00735. The summed E-state index contributed by atoms with van der Waals surface area (Å²) >= 11 is 0. The molecule has 6 saturated heterocycles. The van der Waals surface area contributed by atoms with Crippen molar-refractivity contribution >= 4 is 102 Å². The van der Waals surface area contributed by atoms with E-state index in [0.717, 1.165) is 19.0 Å². The average Bonchev–Trinajstić information content (AvgIpc) is 1.58. The van der Waals surface area contributed by atoms with Gasteiger partial charge in [0.1, 0.15) is 39.4 Å². The third-order valence-corrected chi connectivity index (χ3v) is 17.1. The van der Waals surface area contributed by atoms with E-state index in [4.69, 9.17) is 107 Å². The second-order valence-corrected chi connectivity index (χ2v) is 27.4. The van der Waals surface area contributed by atoms with Crippen molar-refractivity contribution in [3.8, 4) is 0 Å². The number of alkyl carbamates (subject to hydrolysis) is 6. The quantitative estimate of drug-likeness (QED) is 0.0186. The van der Waals surface area contributed by atoms with Gasteiger partial charge < -0.3 is 120 Å². The van der Waals surface area contributed by atoms with Gasteiger partial charge in [-0.1, -0.05) is 36.3 Å². The Morgan fingerprint density at radius 1 is 0.302 bits per heavy atom. The number of cyclic esters (lactones) is 6. The van der Waals surface area contributed by atoms with Crippen molar-refractivity contribution in [1.29, 1.82) is 0 Å². The Kier molecular flexibility index (Phi) is 12.1. The Balaban J connectivity index is 0.000000196. The van der Waals surface area contributed by atoms with Crippen molar-refractivity contribution in [3.63, 3.8) is 0 Å². The first-order valence-electron chi connectivity index (χ1n) is 75.5. The molecule has 12 N–H and O–H groups in total. The summed E-state index contributed by atoms with van der Waals surface area (Å²) in [6.45, 7) is -44.7. The molecule has 0 unspecified atom stereocenters.